The number of aliphatic hydroxyl groups excluding tert-OH is 1. The number of nitrogens with zero attached hydrogens (tertiary/aromatic N) is 2. The van der Waals surface area contributed by atoms with Gasteiger partial charge in [-0.25, -0.2) is 0 Å². The van der Waals surface area contributed by atoms with Crippen LogP contribution >= 0.6 is 11.6 Å². The lowest BCUT2D eigenvalue weighted by Gasteiger charge is -2.25. The molecule has 1 aromatic heterocycles. The van der Waals surface area contributed by atoms with Crippen LogP contribution in [0.2, 0.25) is 5.02 Å². The van der Waals surface area contributed by atoms with Gasteiger partial charge in [0.1, 0.15) is 0 Å². The topological polar surface area (TPSA) is 36.4 Å². The highest BCUT2D eigenvalue weighted by atomic mass is 35.5. The summed E-state index contributed by atoms with van der Waals surface area (Å²) in [5.41, 5.74) is 4.21. The van der Waals surface area contributed by atoms with E-state index in [2.05, 4.69) is 22.9 Å². The van der Waals surface area contributed by atoms with Gasteiger partial charge in [0.25, 0.3) is 0 Å². The van der Waals surface area contributed by atoms with Crippen molar-refractivity contribution in [2.24, 2.45) is 0 Å². The van der Waals surface area contributed by atoms with E-state index >= 15 is 0 Å². The van der Waals surface area contributed by atoms with Gasteiger partial charge in [0.05, 0.1) is 11.6 Å². The van der Waals surface area contributed by atoms with Crippen molar-refractivity contribution in [1.82, 2.24) is 4.98 Å². The molecule has 0 bridgehead atoms. The lowest BCUT2D eigenvalue weighted by Crippen LogP contribution is -2.27. The van der Waals surface area contributed by atoms with Gasteiger partial charge < -0.3 is 10.0 Å². The molecular formula is C16H19ClN2O. The third-order valence-electron chi connectivity index (χ3n) is 4.04. The van der Waals surface area contributed by atoms with Crippen LogP contribution in [0.1, 0.15) is 24.6 Å². The Hall–Kier alpha value is -1.32. The molecule has 106 valence electrons. The van der Waals surface area contributed by atoms with Crippen LogP contribution in [-0.4, -0.2) is 28.8 Å². The van der Waals surface area contributed by atoms with E-state index in [1.54, 1.807) is 0 Å². The summed E-state index contributed by atoms with van der Waals surface area (Å²) in [6, 6.07) is 6.34. The average molecular weight is 291 g/mol. The molecule has 1 aromatic carbocycles. The summed E-state index contributed by atoms with van der Waals surface area (Å²) >= 11 is 6.21. The number of aromatic nitrogens is 1. The summed E-state index contributed by atoms with van der Waals surface area (Å²) < 4.78 is 0. The number of pyridine rings is 1. The van der Waals surface area contributed by atoms with E-state index in [9.17, 15) is 5.11 Å². The maximum absolute atomic E-state index is 9.90. The summed E-state index contributed by atoms with van der Waals surface area (Å²) in [7, 11) is 0. The number of β-amino-alcohol motifs (C(OH)–C–C–N with tert-alkyl or cyclic N) is 1. The number of rotatable bonds is 1. The van der Waals surface area contributed by atoms with Crippen LogP contribution in [0.25, 0.3) is 10.9 Å². The van der Waals surface area contributed by atoms with Crippen LogP contribution in [0.15, 0.2) is 18.2 Å². The fourth-order valence-electron chi connectivity index (χ4n) is 3.14. The minimum absolute atomic E-state index is 0.256. The van der Waals surface area contributed by atoms with Gasteiger partial charge in [-0.2, -0.15) is 0 Å². The second-order valence-corrected chi connectivity index (χ2v) is 6.23. The molecule has 20 heavy (non-hydrogen) atoms. The monoisotopic (exact) mass is 290 g/mol. The fourth-order valence-corrected chi connectivity index (χ4v) is 3.41. The van der Waals surface area contributed by atoms with Crippen LogP contribution in [0.3, 0.4) is 0 Å². The summed E-state index contributed by atoms with van der Waals surface area (Å²) in [6.45, 7) is 6.86. The van der Waals surface area contributed by atoms with Crippen molar-refractivity contribution in [3.05, 3.63) is 34.5 Å². The molecule has 0 aliphatic carbocycles. The highest BCUT2D eigenvalue weighted by Gasteiger charge is 2.29. The van der Waals surface area contributed by atoms with Gasteiger partial charge in [0.15, 0.2) is 0 Å². The SMILES string of the molecule is Cc1cc(N2C[C@H](O)C[C@@H]2C)c2cc(Cl)cc(C)c2n1. The van der Waals surface area contributed by atoms with Gasteiger partial charge in [-0.05, 0) is 51.0 Å². The van der Waals surface area contributed by atoms with Gasteiger partial charge >= 0.3 is 0 Å². The number of benzene rings is 1. The largest absolute Gasteiger partial charge is 0.391 e. The van der Waals surface area contributed by atoms with E-state index in [0.29, 0.717) is 12.6 Å². The molecule has 3 rings (SSSR count). The zero-order valence-corrected chi connectivity index (χ0v) is 12.8. The Morgan fingerprint density at radius 3 is 2.70 bits per heavy atom. The second kappa shape index (κ2) is 4.90. The Bertz CT molecular complexity index is 671. The van der Waals surface area contributed by atoms with Crippen LogP contribution in [0.5, 0.6) is 0 Å². The predicted octanol–water partition coefficient (Wildman–Crippen LogP) is 3.46. The molecule has 2 aromatic rings. The molecule has 0 unspecified atom stereocenters. The van der Waals surface area contributed by atoms with Crippen LogP contribution in [-0.2, 0) is 0 Å². The van der Waals surface area contributed by atoms with Gasteiger partial charge in [-0.1, -0.05) is 11.6 Å². The first-order valence-electron chi connectivity index (χ1n) is 6.98. The Labute approximate surface area is 124 Å². The maximum atomic E-state index is 9.90. The molecule has 1 aliphatic rings. The number of fused-ring (bicyclic) bond motifs is 1. The van der Waals surface area contributed by atoms with Crippen LogP contribution in [0.4, 0.5) is 5.69 Å². The van der Waals surface area contributed by atoms with Gasteiger partial charge in [0, 0.05) is 34.4 Å². The van der Waals surface area contributed by atoms with Crippen molar-refractivity contribution in [3.63, 3.8) is 0 Å². The fraction of sp³-hybridized carbons (Fsp3) is 0.438. The first-order chi connectivity index (χ1) is 9.45. The summed E-state index contributed by atoms with van der Waals surface area (Å²) in [5.74, 6) is 0. The Morgan fingerprint density at radius 1 is 1.30 bits per heavy atom. The molecule has 4 heteroatoms. The normalized spacial score (nSPS) is 22.8. The number of aryl methyl sites for hydroxylation is 2. The number of halogens is 1. The number of aliphatic hydroxyl groups is 1. The van der Waals surface area contributed by atoms with Crippen LogP contribution in [0, 0.1) is 13.8 Å². The van der Waals surface area contributed by atoms with Crippen LogP contribution < -0.4 is 4.90 Å². The van der Waals surface area contributed by atoms with Crippen molar-refractivity contribution in [3.8, 4) is 0 Å². The molecule has 0 amide bonds. The molecule has 1 aliphatic heterocycles. The molecule has 1 fully saturated rings. The molecule has 0 radical (unpaired) electrons. The molecular weight excluding hydrogens is 272 g/mol. The molecule has 2 atom stereocenters. The predicted molar refractivity (Wildman–Crippen MR) is 83.7 cm³/mol. The Balaban J connectivity index is 2.24. The summed E-state index contributed by atoms with van der Waals surface area (Å²) in [5, 5.41) is 11.7. The van der Waals surface area contributed by atoms with E-state index in [0.717, 1.165) is 39.3 Å². The third kappa shape index (κ3) is 2.25. The highest BCUT2D eigenvalue weighted by Crippen LogP contribution is 2.35. The van der Waals surface area contributed by atoms with Gasteiger partial charge in [0.2, 0.25) is 0 Å². The minimum atomic E-state index is -0.256. The van der Waals surface area contributed by atoms with E-state index in [1.165, 1.54) is 0 Å². The van der Waals surface area contributed by atoms with E-state index in [-0.39, 0.29) is 6.10 Å². The lowest BCUT2D eigenvalue weighted by atomic mass is 10.1. The quantitative estimate of drug-likeness (QED) is 0.874. The average Bonchev–Trinajstić information content (AvgIpc) is 2.68. The van der Waals surface area contributed by atoms with Crippen molar-refractivity contribution < 1.29 is 5.11 Å². The molecule has 1 N–H and O–H groups in total. The highest BCUT2D eigenvalue weighted by molar-refractivity contribution is 6.31. The lowest BCUT2D eigenvalue weighted by molar-refractivity contribution is 0.195. The molecule has 0 spiro atoms. The summed E-state index contributed by atoms with van der Waals surface area (Å²) in [4.78, 5) is 6.91. The van der Waals surface area contributed by atoms with Gasteiger partial charge in [-0.3, -0.25) is 4.98 Å². The molecule has 2 heterocycles. The van der Waals surface area contributed by atoms with E-state index in [1.807, 2.05) is 26.0 Å². The van der Waals surface area contributed by atoms with E-state index in [4.69, 9.17) is 11.6 Å². The molecule has 0 saturated carbocycles. The molecule has 3 nitrogen and oxygen atoms in total. The standard InChI is InChI=1S/C16H19ClN2O/c1-9-4-12(17)7-14-15(5-10(2)18-16(9)14)19-8-13(20)6-11(19)3/h4-5,7,11,13,20H,6,8H2,1-3H3/t11-,13+/m0/s1. The second-order valence-electron chi connectivity index (χ2n) is 5.79. The zero-order chi connectivity index (χ0) is 14.4. The number of hydrogen-bond donors (Lipinski definition) is 1. The van der Waals surface area contributed by atoms with Crippen molar-refractivity contribution >= 4 is 28.2 Å². The first kappa shape index (κ1) is 13.7. The van der Waals surface area contributed by atoms with Gasteiger partial charge in [-0.15, -0.1) is 0 Å². The van der Waals surface area contributed by atoms with Crippen molar-refractivity contribution in [1.29, 1.82) is 0 Å². The third-order valence-corrected chi connectivity index (χ3v) is 4.26. The van der Waals surface area contributed by atoms with Crippen molar-refractivity contribution in [2.75, 3.05) is 11.4 Å². The summed E-state index contributed by atoms with van der Waals surface area (Å²) in [6.07, 6.45) is 0.552. The Morgan fingerprint density at radius 2 is 2.05 bits per heavy atom. The Kier molecular flexibility index (Phi) is 3.35. The molecule has 1 saturated heterocycles. The maximum Gasteiger partial charge on any atom is 0.0756 e. The zero-order valence-electron chi connectivity index (χ0n) is 12.0. The smallest absolute Gasteiger partial charge is 0.0756 e. The number of hydrogen-bond acceptors (Lipinski definition) is 3. The first-order valence-corrected chi connectivity index (χ1v) is 7.35. The number of anilines is 1. The van der Waals surface area contributed by atoms with E-state index < -0.39 is 0 Å². The minimum Gasteiger partial charge on any atom is -0.391 e. The van der Waals surface area contributed by atoms with Crippen molar-refractivity contribution in [2.45, 2.75) is 39.3 Å².